The first kappa shape index (κ1) is 23.5. The first-order valence-corrected chi connectivity index (χ1v) is 11.5. The fourth-order valence-corrected chi connectivity index (χ4v) is 4.49. The van der Waals surface area contributed by atoms with Gasteiger partial charge in [0.1, 0.15) is 5.57 Å². The van der Waals surface area contributed by atoms with E-state index >= 15 is 0 Å². The maximum absolute atomic E-state index is 13.4. The summed E-state index contributed by atoms with van der Waals surface area (Å²) < 4.78 is 0. The van der Waals surface area contributed by atoms with Gasteiger partial charge in [-0.25, -0.2) is 9.69 Å². The maximum atomic E-state index is 13.4. The van der Waals surface area contributed by atoms with Crippen molar-refractivity contribution in [3.63, 3.8) is 0 Å². The molecule has 0 atom stereocenters. The summed E-state index contributed by atoms with van der Waals surface area (Å²) in [7, 11) is 0. The minimum absolute atomic E-state index is 0.116. The quantitative estimate of drug-likeness (QED) is 0.378. The first-order valence-electron chi connectivity index (χ1n) is 11.1. The molecule has 1 heterocycles. The van der Waals surface area contributed by atoms with Gasteiger partial charge in [0.2, 0.25) is 0 Å². The maximum Gasteiger partial charge on any atom is 0.335 e. The van der Waals surface area contributed by atoms with Crippen molar-refractivity contribution >= 4 is 41.2 Å². The number of aryl methyl sites for hydroxylation is 3. The van der Waals surface area contributed by atoms with Gasteiger partial charge in [-0.05, 0) is 73.2 Å². The van der Waals surface area contributed by atoms with Gasteiger partial charge in [-0.15, -0.1) is 0 Å². The molecule has 3 aromatic rings. The van der Waals surface area contributed by atoms with Crippen LogP contribution >= 0.6 is 11.6 Å². The molecule has 0 aliphatic carbocycles. The van der Waals surface area contributed by atoms with E-state index in [1.54, 1.807) is 24.3 Å². The van der Waals surface area contributed by atoms with Crippen LogP contribution in [0.2, 0.25) is 5.02 Å². The Balaban J connectivity index is 1.77. The molecule has 4 rings (SSSR count). The second kappa shape index (κ2) is 9.65. The zero-order valence-electron chi connectivity index (χ0n) is 19.3. The molecule has 34 heavy (non-hydrogen) atoms. The molecule has 5 nitrogen and oxygen atoms in total. The third-order valence-electron chi connectivity index (χ3n) is 5.80. The molecule has 1 aliphatic rings. The van der Waals surface area contributed by atoms with Crippen molar-refractivity contribution in [2.24, 2.45) is 0 Å². The van der Waals surface area contributed by atoms with Gasteiger partial charge in [0.15, 0.2) is 0 Å². The molecule has 0 aromatic heterocycles. The van der Waals surface area contributed by atoms with Crippen LogP contribution in [0.1, 0.15) is 40.3 Å². The van der Waals surface area contributed by atoms with Gasteiger partial charge in [0.25, 0.3) is 11.8 Å². The lowest BCUT2D eigenvalue weighted by molar-refractivity contribution is -0.122. The molecule has 0 spiro atoms. The number of nitrogens with one attached hydrogen (secondary N) is 1. The number of carbonyl (C=O) groups excluding carboxylic acids is 3. The number of carbonyl (C=O) groups is 3. The van der Waals surface area contributed by atoms with E-state index in [4.69, 9.17) is 11.6 Å². The predicted octanol–water partition coefficient (Wildman–Crippen LogP) is 5.78. The summed E-state index contributed by atoms with van der Waals surface area (Å²) in [5.74, 6) is -1.38. The highest BCUT2D eigenvalue weighted by molar-refractivity contribution is 6.39. The van der Waals surface area contributed by atoms with Crippen LogP contribution in [0.25, 0.3) is 6.08 Å². The van der Waals surface area contributed by atoms with Crippen molar-refractivity contribution in [2.75, 3.05) is 4.90 Å². The smallest absolute Gasteiger partial charge is 0.273 e. The number of barbiturate groups is 1. The minimum Gasteiger partial charge on any atom is -0.273 e. The number of rotatable bonds is 5. The van der Waals surface area contributed by atoms with Crippen molar-refractivity contribution in [1.29, 1.82) is 0 Å². The summed E-state index contributed by atoms with van der Waals surface area (Å²) in [5.41, 5.74) is 6.19. The molecular weight excluding hydrogens is 448 g/mol. The molecule has 6 heteroatoms. The summed E-state index contributed by atoms with van der Waals surface area (Å²) in [6, 6.07) is 18.2. The Bertz CT molecular complexity index is 1320. The van der Waals surface area contributed by atoms with Crippen LogP contribution < -0.4 is 10.2 Å². The number of hydrogen-bond acceptors (Lipinski definition) is 3. The van der Waals surface area contributed by atoms with E-state index in [9.17, 15) is 14.4 Å². The number of nitrogens with zero attached hydrogens (tertiary/aromatic N) is 1. The van der Waals surface area contributed by atoms with Gasteiger partial charge in [-0.3, -0.25) is 14.9 Å². The summed E-state index contributed by atoms with van der Waals surface area (Å²) in [6.07, 6.45) is 2.76. The van der Waals surface area contributed by atoms with E-state index in [2.05, 4.69) is 23.5 Å². The lowest BCUT2D eigenvalue weighted by atomic mass is 9.95. The number of benzene rings is 3. The van der Waals surface area contributed by atoms with Crippen molar-refractivity contribution in [1.82, 2.24) is 5.32 Å². The number of amides is 4. The highest BCUT2D eigenvalue weighted by Crippen LogP contribution is 2.28. The van der Waals surface area contributed by atoms with E-state index in [1.807, 2.05) is 39.0 Å². The van der Waals surface area contributed by atoms with Crippen molar-refractivity contribution < 1.29 is 14.4 Å². The molecular formula is C28H25ClN2O3. The predicted molar refractivity (Wildman–Crippen MR) is 135 cm³/mol. The topological polar surface area (TPSA) is 66.5 Å². The number of hydrogen-bond donors (Lipinski definition) is 1. The first-order chi connectivity index (χ1) is 16.3. The van der Waals surface area contributed by atoms with Gasteiger partial charge in [-0.1, -0.05) is 72.1 Å². The Hall–Kier alpha value is -3.70. The largest absolute Gasteiger partial charge is 0.335 e. The molecule has 1 saturated heterocycles. The molecule has 4 amide bonds. The summed E-state index contributed by atoms with van der Waals surface area (Å²) in [5, 5.41) is 2.79. The third-order valence-corrected chi connectivity index (χ3v) is 6.03. The molecule has 0 saturated carbocycles. The monoisotopic (exact) mass is 472 g/mol. The fraction of sp³-hybridized carbons (Fsp3) is 0.179. The SMILES string of the molecule is CCc1ccccc1N1C(=O)NC(=O)/C(=C/c2cc(Cl)ccc2Cc2cc(C)cc(C)c2)C1=O. The van der Waals surface area contributed by atoms with Crippen molar-refractivity contribution in [3.8, 4) is 0 Å². The Morgan fingerprint density at radius 1 is 0.912 bits per heavy atom. The van der Waals surface area contributed by atoms with Crippen LogP contribution in [0, 0.1) is 13.8 Å². The number of para-hydroxylation sites is 1. The van der Waals surface area contributed by atoms with E-state index in [1.165, 1.54) is 6.08 Å². The molecule has 0 bridgehead atoms. The molecule has 1 fully saturated rings. The molecule has 3 aromatic carbocycles. The fourth-order valence-electron chi connectivity index (χ4n) is 4.31. The van der Waals surface area contributed by atoms with Gasteiger partial charge < -0.3 is 0 Å². The number of halogens is 1. The van der Waals surface area contributed by atoms with Crippen LogP contribution in [0.3, 0.4) is 0 Å². The molecule has 0 unspecified atom stereocenters. The molecule has 1 aliphatic heterocycles. The highest BCUT2D eigenvalue weighted by Gasteiger charge is 2.37. The standard InChI is InChI=1S/C28H25ClN2O3/c1-4-20-7-5-6-8-25(20)31-27(33)24(26(32)30-28(31)34)16-22-15-23(29)10-9-21(22)14-19-12-17(2)11-18(3)13-19/h5-13,15-16H,4,14H2,1-3H3,(H,30,32,34)/b24-16-. The van der Waals surface area contributed by atoms with E-state index < -0.39 is 17.8 Å². The van der Waals surface area contributed by atoms with Crippen LogP contribution in [-0.2, 0) is 22.4 Å². The minimum atomic E-state index is -0.755. The summed E-state index contributed by atoms with van der Waals surface area (Å²) in [6.45, 7) is 6.04. The Morgan fingerprint density at radius 3 is 2.32 bits per heavy atom. The van der Waals surface area contributed by atoms with Gasteiger partial charge in [0.05, 0.1) is 5.69 Å². The van der Waals surface area contributed by atoms with Gasteiger partial charge in [0, 0.05) is 5.02 Å². The van der Waals surface area contributed by atoms with Crippen LogP contribution in [-0.4, -0.2) is 17.8 Å². The van der Waals surface area contributed by atoms with E-state index in [-0.39, 0.29) is 5.57 Å². The van der Waals surface area contributed by atoms with E-state index in [0.29, 0.717) is 29.1 Å². The molecule has 172 valence electrons. The highest BCUT2D eigenvalue weighted by atomic mass is 35.5. The average molecular weight is 473 g/mol. The number of imide groups is 2. The Morgan fingerprint density at radius 2 is 1.62 bits per heavy atom. The number of anilines is 1. The summed E-state index contributed by atoms with van der Waals surface area (Å²) >= 11 is 6.27. The second-order valence-corrected chi connectivity index (χ2v) is 8.89. The summed E-state index contributed by atoms with van der Waals surface area (Å²) in [4.78, 5) is 39.8. The molecule has 0 radical (unpaired) electrons. The van der Waals surface area contributed by atoms with Crippen LogP contribution in [0.5, 0.6) is 0 Å². The lowest BCUT2D eigenvalue weighted by Crippen LogP contribution is -2.54. The zero-order valence-corrected chi connectivity index (χ0v) is 20.1. The average Bonchev–Trinajstić information content (AvgIpc) is 2.78. The molecule has 1 N–H and O–H groups in total. The second-order valence-electron chi connectivity index (χ2n) is 8.46. The van der Waals surface area contributed by atoms with Crippen molar-refractivity contribution in [3.05, 3.63) is 105 Å². The Kier molecular flexibility index (Phi) is 6.66. The van der Waals surface area contributed by atoms with Crippen molar-refractivity contribution in [2.45, 2.75) is 33.6 Å². The zero-order chi connectivity index (χ0) is 24.4. The Labute approximate surface area is 204 Å². The van der Waals surface area contributed by atoms with Gasteiger partial charge in [-0.2, -0.15) is 0 Å². The normalized spacial score (nSPS) is 15.1. The third kappa shape index (κ3) is 4.80. The van der Waals surface area contributed by atoms with Crippen LogP contribution in [0.15, 0.2) is 66.2 Å². The lowest BCUT2D eigenvalue weighted by Gasteiger charge is -2.28. The number of urea groups is 1. The van der Waals surface area contributed by atoms with Gasteiger partial charge >= 0.3 is 6.03 Å². The van der Waals surface area contributed by atoms with Crippen LogP contribution in [0.4, 0.5) is 10.5 Å². The van der Waals surface area contributed by atoms with E-state index in [0.717, 1.165) is 32.7 Å².